The first kappa shape index (κ1) is 12.9. The Morgan fingerprint density at radius 1 is 1.35 bits per heavy atom. The molecule has 1 aromatic rings. The maximum Gasteiger partial charge on any atom is 0.165 e. The molecule has 2 unspecified atom stereocenters. The van der Waals surface area contributed by atoms with Crippen molar-refractivity contribution in [1.82, 2.24) is 0 Å². The lowest BCUT2D eigenvalue weighted by molar-refractivity contribution is 0.0862. The smallest absolute Gasteiger partial charge is 0.165 e. The minimum Gasteiger partial charge on any atom is -0.487 e. The topological polar surface area (TPSA) is 9.23 Å². The number of ether oxygens (including phenoxy) is 1. The van der Waals surface area contributed by atoms with Crippen LogP contribution in [0.3, 0.4) is 0 Å². The summed E-state index contributed by atoms with van der Waals surface area (Å²) < 4.78 is 20.3. The van der Waals surface area contributed by atoms with Crippen LogP contribution in [0, 0.1) is 11.7 Å². The normalized spacial score (nSPS) is 24.6. The zero-order chi connectivity index (χ0) is 12.3. The Morgan fingerprint density at radius 2 is 2.12 bits per heavy atom. The van der Waals surface area contributed by atoms with Crippen molar-refractivity contribution in [3.05, 3.63) is 28.5 Å². The number of benzene rings is 1. The van der Waals surface area contributed by atoms with Crippen molar-refractivity contribution in [2.24, 2.45) is 5.92 Å². The molecule has 0 heterocycles. The quantitative estimate of drug-likeness (QED) is 0.768. The maximum atomic E-state index is 13.6. The van der Waals surface area contributed by atoms with Crippen LogP contribution < -0.4 is 4.74 Å². The van der Waals surface area contributed by atoms with Crippen LogP contribution in [-0.4, -0.2) is 6.10 Å². The highest BCUT2D eigenvalue weighted by molar-refractivity contribution is 9.10. The molecule has 1 aromatic carbocycles. The van der Waals surface area contributed by atoms with Crippen molar-refractivity contribution in [1.29, 1.82) is 0 Å². The van der Waals surface area contributed by atoms with Crippen LogP contribution in [0.25, 0.3) is 0 Å². The molecule has 1 aliphatic rings. The molecule has 0 amide bonds. The van der Waals surface area contributed by atoms with Crippen LogP contribution in [0.5, 0.6) is 5.75 Å². The van der Waals surface area contributed by atoms with Crippen LogP contribution >= 0.6 is 15.9 Å². The molecule has 0 aliphatic heterocycles. The third-order valence-electron chi connectivity index (χ3n) is 3.54. The van der Waals surface area contributed by atoms with Gasteiger partial charge in [-0.15, -0.1) is 0 Å². The van der Waals surface area contributed by atoms with E-state index < -0.39 is 0 Å². The molecule has 0 saturated heterocycles. The van der Waals surface area contributed by atoms with Crippen molar-refractivity contribution in [3.63, 3.8) is 0 Å². The lowest BCUT2D eigenvalue weighted by Gasteiger charge is -2.31. The fourth-order valence-corrected chi connectivity index (χ4v) is 2.87. The first-order chi connectivity index (χ1) is 8.20. The van der Waals surface area contributed by atoms with Crippen molar-refractivity contribution in [2.45, 2.75) is 45.1 Å². The van der Waals surface area contributed by atoms with E-state index in [1.807, 2.05) is 0 Å². The minimum atomic E-state index is -0.270. The zero-order valence-corrected chi connectivity index (χ0v) is 11.7. The van der Waals surface area contributed by atoms with E-state index in [-0.39, 0.29) is 11.9 Å². The van der Waals surface area contributed by atoms with Crippen molar-refractivity contribution >= 4 is 15.9 Å². The molecule has 0 N–H and O–H groups in total. The molecule has 1 aliphatic carbocycles. The summed E-state index contributed by atoms with van der Waals surface area (Å²) in [6.45, 7) is 2.18. The van der Waals surface area contributed by atoms with E-state index >= 15 is 0 Å². The highest BCUT2D eigenvalue weighted by atomic mass is 79.9. The Morgan fingerprint density at radius 3 is 2.88 bits per heavy atom. The first-order valence-corrected chi connectivity index (χ1v) is 7.11. The summed E-state index contributed by atoms with van der Waals surface area (Å²) in [4.78, 5) is 0. The van der Waals surface area contributed by atoms with Crippen LogP contribution in [0.15, 0.2) is 22.7 Å². The van der Waals surface area contributed by atoms with E-state index in [2.05, 4.69) is 22.9 Å². The molecular weight excluding hydrogens is 283 g/mol. The van der Waals surface area contributed by atoms with Gasteiger partial charge in [-0.2, -0.15) is 0 Å². The standard InChI is InChI=1S/C14H18BrFO/c1-2-10-5-3-4-6-13(10)17-14-9-11(15)7-8-12(14)16/h7-10,13H,2-6H2,1H3. The summed E-state index contributed by atoms with van der Waals surface area (Å²) in [7, 11) is 0. The second kappa shape index (κ2) is 5.85. The van der Waals surface area contributed by atoms with Crippen LogP contribution in [0.1, 0.15) is 39.0 Å². The van der Waals surface area contributed by atoms with Crippen molar-refractivity contribution in [3.8, 4) is 5.75 Å². The predicted molar refractivity (Wildman–Crippen MR) is 70.8 cm³/mol. The molecular formula is C14H18BrFO. The third-order valence-corrected chi connectivity index (χ3v) is 4.03. The first-order valence-electron chi connectivity index (χ1n) is 6.32. The van der Waals surface area contributed by atoms with Gasteiger partial charge in [0, 0.05) is 4.47 Å². The molecule has 2 rings (SSSR count). The van der Waals surface area contributed by atoms with Crippen molar-refractivity contribution < 1.29 is 9.13 Å². The molecule has 1 fully saturated rings. The number of halogens is 2. The van der Waals surface area contributed by atoms with E-state index in [0.29, 0.717) is 11.7 Å². The number of rotatable bonds is 3. The number of hydrogen-bond acceptors (Lipinski definition) is 1. The van der Waals surface area contributed by atoms with E-state index in [9.17, 15) is 4.39 Å². The van der Waals surface area contributed by atoms with Crippen LogP contribution in [0.2, 0.25) is 0 Å². The average Bonchev–Trinajstić information content (AvgIpc) is 2.34. The summed E-state index contributed by atoms with van der Waals surface area (Å²) in [5.41, 5.74) is 0. The Kier molecular flexibility index (Phi) is 4.43. The highest BCUT2D eigenvalue weighted by Crippen LogP contribution is 2.32. The van der Waals surface area contributed by atoms with E-state index in [1.165, 1.54) is 25.3 Å². The van der Waals surface area contributed by atoms with Gasteiger partial charge in [-0.25, -0.2) is 4.39 Å². The van der Waals surface area contributed by atoms with Gasteiger partial charge in [0.25, 0.3) is 0 Å². The Labute approximate surface area is 110 Å². The minimum absolute atomic E-state index is 0.178. The lowest BCUT2D eigenvalue weighted by Crippen LogP contribution is -2.30. The monoisotopic (exact) mass is 300 g/mol. The zero-order valence-electron chi connectivity index (χ0n) is 10.1. The van der Waals surface area contributed by atoms with Crippen LogP contribution in [-0.2, 0) is 0 Å². The SMILES string of the molecule is CCC1CCCCC1Oc1cc(Br)ccc1F. The summed E-state index contributed by atoms with van der Waals surface area (Å²) in [6.07, 6.45) is 6.01. The Balaban J connectivity index is 2.10. The second-order valence-corrected chi connectivity index (χ2v) is 5.60. The van der Waals surface area contributed by atoms with E-state index in [0.717, 1.165) is 17.3 Å². The van der Waals surface area contributed by atoms with E-state index in [4.69, 9.17) is 4.74 Å². The van der Waals surface area contributed by atoms with Crippen LogP contribution in [0.4, 0.5) is 4.39 Å². The molecule has 0 aromatic heterocycles. The van der Waals surface area contributed by atoms with Gasteiger partial charge >= 0.3 is 0 Å². The summed E-state index contributed by atoms with van der Waals surface area (Å²) >= 11 is 3.35. The lowest BCUT2D eigenvalue weighted by atomic mass is 9.85. The Hall–Kier alpha value is -0.570. The fraction of sp³-hybridized carbons (Fsp3) is 0.571. The predicted octanol–water partition coefficient (Wildman–Crippen LogP) is 4.94. The molecule has 0 radical (unpaired) electrons. The van der Waals surface area contributed by atoms with Gasteiger partial charge in [0.15, 0.2) is 11.6 Å². The van der Waals surface area contributed by atoms with Gasteiger partial charge in [-0.3, -0.25) is 0 Å². The molecule has 1 nitrogen and oxygen atoms in total. The van der Waals surface area contributed by atoms with E-state index in [1.54, 1.807) is 12.1 Å². The fourth-order valence-electron chi connectivity index (χ4n) is 2.53. The summed E-state index contributed by atoms with van der Waals surface area (Å²) in [5, 5.41) is 0. The molecule has 0 bridgehead atoms. The summed E-state index contributed by atoms with van der Waals surface area (Å²) in [6, 6.07) is 4.86. The van der Waals surface area contributed by atoms with Gasteiger partial charge in [0.05, 0.1) is 0 Å². The second-order valence-electron chi connectivity index (χ2n) is 4.68. The highest BCUT2D eigenvalue weighted by Gasteiger charge is 2.26. The maximum absolute atomic E-state index is 13.6. The van der Waals surface area contributed by atoms with Gasteiger partial charge < -0.3 is 4.74 Å². The van der Waals surface area contributed by atoms with Gasteiger partial charge in [-0.05, 0) is 49.8 Å². The molecule has 2 atom stereocenters. The number of hydrogen-bond donors (Lipinski definition) is 0. The molecule has 17 heavy (non-hydrogen) atoms. The molecule has 94 valence electrons. The average molecular weight is 301 g/mol. The third kappa shape index (κ3) is 3.21. The summed E-state index contributed by atoms with van der Waals surface area (Å²) in [5.74, 6) is 0.681. The Bertz CT molecular complexity index is 380. The van der Waals surface area contributed by atoms with Gasteiger partial charge in [0.2, 0.25) is 0 Å². The van der Waals surface area contributed by atoms with Crippen molar-refractivity contribution in [2.75, 3.05) is 0 Å². The molecule has 3 heteroatoms. The molecule has 0 spiro atoms. The molecule has 1 saturated carbocycles. The largest absolute Gasteiger partial charge is 0.487 e. The van der Waals surface area contributed by atoms with Gasteiger partial charge in [0.1, 0.15) is 6.10 Å². The van der Waals surface area contributed by atoms with Gasteiger partial charge in [-0.1, -0.05) is 29.3 Å².